The summed E-state index contributed by atoms with van der Waals surface area (Å²) >= 11 is 5.11. The van der Waals surface area contributed by atoms with E-state index in [1.165, 1.54) is 12.3 Å². The summed E-state index contributed by atoms with van der Waals surface area (Å²) in [5.41, 5.74) is 4.98. The predicted molar refractivity (Wildman–Crippen MR) is 91.2 cm³/mol. The molecule has 0 aromatic heterocycles. The van der Waals surface area contributed by atoms with E-state index in [0.29, 0.717) is 10.7 Å². The van der Waals surface area contributed by atoms with Gasteiger partial charge in [-0.1, -0.05) is 24.3 Å². The minimum atomic E-state index is -0.454. The zero-order chi connectivity index (χ0) is 15.9. The molecule has 2 aromatic rings. The van der Waals surface area contributed by atoms with Crippen LogP contribution in [0.2, 0.25) is 0 Å². The maximum Gasteiger partial charge on any atom is 0.278 e. The molecular formula is C15H14N4O2S. The van der Waals surface area contributed by atoms with Crippen molar-refractivity contribution in [1.29, 1.82) is 0 Å². The van der Waals surface area contributed by atoms with Gasteiger partial charge >= 0.3 is 0 Å². The Kier molecular flexibility index (Phi) is 5.16. The number of para-hydroxylation sites is 1. The fourth-order valence-electron chi connectivity index (χ4n) is 1.81. The summed E-state index contributed by atoms with van der Waals surface area (Å²) in [7, 11) is 0. The highest BCUT2D eigenvalue weighted by Crippen LogP contribution is 2.15. The monoisotopic (exact) mass is 314 g/mol. The Hall–Kier alpha value is -2.80. The van der Waals surface area contributed by atoms with Crippen LogP contribution in [0.4, 0.5) is 11.4 Å². The van der Waals surface area contributed by atoms with E-state index in [1.807, 2.05) is 31.2 Å². The standard InChI is InChI=1S/C15H14N4O2S/c1-11-5-4-7-13(9-11)17-15(22)18-16-10-12-6-2-3-8-14(12)19(20)21/h2-10H,1H3,(H2,17,18,22). The van der Waals surface area contributed by atoms with Gasteiger partial charge in [0.1, 0.15) is 0 Å². The molecule has 2 aromatic carbocycles. The number of hydrogen-bond donors (Lipinski definition) is 2. The molecule has 0 bridgehead atoms. The van der Waals surface area contributed by atoms with Crippen molar-refractivity contribution in [1.82, 2.24) is 5.43 Å². The molecule has 0 saturated heterocycles. The molecule has 2 rings (SSSR count). The Morgan fingerprint density at radius 2 is 2.05 bits per heavy atom. The SMILES string of the molecule is Cc1cccc(NC(=S)NN=Cc2ccccc2[N+](=O)[O-])c1. The summed E-state index contributed by atoms with van der Waals surface area (Å²) in [6, 6.07) is 14.1. The number of nitro groups is 1. The quantitative estimate of drug-likeness (QED) is 0.392. The Morgan fingerprint density at radius 1 is 1.27 bits per heavy atom. The number of benzene rings is 2. The number of thiocarbonyl (C=S) groups is 1. The van der Waals surface area contributed by atoms with Crippen LogP contribution in [0.3, 0.4) is 0 Å². The highest BCUT2D eigenvalue weighted by molar-refractivity contribution is 7.80. The van der Waals surface area contributed by atoms with Crippen molar-refractivity contribution >= 4 is 34.9 Å². The second-order valence-electron chi connectivity index (χ2n) is 4.51. The van der Waals surface area contributed by atoms with Crippen LogP contribution in [-0.4, -0.2) is 16.3 Å². The van der Waals surface area contributed by atoms with E-state index in [1.54, 1.807) is 18.2 Å². The molecule has 0 aliphatic heterocycles. The molecule has 0 spiro atoms. The van der Waals surface area contributed by atoms with Crippen LogP contribution in [0.5, 0.6) is 0 Å². The van der Waals surface area contributed by atoms with E-state index >= 15 is 0 Å². The summed E-state index contributed by atoms with van der Waals surface area (Å²) in [5, 5.41) is 18.1. The largest absolute Gasteiger partial charge is 0.331 e. The number of nitro benzene ring substituents is 1. The van der Waals surface area contributed by atoms with Crippen LogP contribution in [0, 0.1) is 17.0 Å². The van der Waals surface area contributed by atoms with Crippen molar-refractivity contribution in [2.75, 3.05) is 5.32 Å². The molecule has 0 saturated carbocycles. The molecule has 112 valence electrons. The first-order valence-corrected chi connectivity index (χ1v) is 6.87. The molecule has 2 N–H and O–H groups in total. The highest BCUT2D eigenvalue weighted by atomic mass is 32.1. The minimum Gasteiger partial charge on any atom is -0.331 e. The zero-order valence-corrected chi connectivity index (χ0v) is 12.6. The van der Waals surface area contributed by atoms with Crippen LogP contribution in [0.25, 0.3) is 0 Å². The van der Waals surface area contributed by atoms with Gasteiger partial charge in [0, 0.05) is 11.8 Å². The van der Waals surface area contributed by atoms with Gasteiger partial charge in [0.05, 0.1) is 16.7 Å². The first-order valence-electron chi connectivity index (χ1n) is 6.46. The van der Waals surface area contributed by atoms with Gasteiger partial charge in [-0.05, 0) is 42.9 Å². The number of rotatable bonds is 4. The van der Waals surface area contributed by atoms with Gasteiger partial charge in [-0.3, -0.25) is 15.5 Å². The van der Waals surface area contributed by atoms with Crippen molar-refractivity contribution < 1.29 is 4.92 Å². The smallest absolute Gasteiger partial charge is 0.278 e. The topological polar surface area (TPSA) is 79.6 Å². The molecule has 0 aliphatic rings. The lowest BCUT2D eigenvalue weighted by atomic mass is 10.2. The highest BCUT2D eigenvalue weighted by Gasteiger charge is 2.09. The number of aryl methyl sites for hydroxylation is 1. The summed E-state index contributed by atoms with van der Waals surface area (Å²) in [6.45, 7) is 1.98. The molecule has 6 nitrogen and oxygen atoms in total. The van der Waals surface area contributed by atoms with Gasteiger partial charge in [0.25, 0.3) is 5.69 Å². The number of nitrogens with zero attached hydrogens (tertiary/aromatic N) is 2. The number of hydrazone groups is 1. The summed E-state index contributed by atoms with van der Waals surface area (Å²) in [5.74, 6) is 0. The van der Waals surface area contributed by atoms with Crippen LogP contribution < -0.4 is 10.7 Å². The van der Waals surface area contributed by atoms with Crippen molar-refractivity contribution in [3.05, 3.63) is 69.8 Å². The van der Waals surface area contributed by atoms with E-state index in [4.69, 9.17) is 12.2 Å². The molecule has 0 atom stereocenters. The van der Waals surface area contributed by atoms with Crippen LogP contribution >= 0.6 is 12.2 Å². The van der Waals surface area contributed by atoms with Gasteiger partial charge in [-0.15, -0.1) is 0 Å². The molecule has 0 unspecified atom stereocenters. The van der Waals surface area contributed by atoms with E-state index < -0.39 is 4.92 Å². The maximum atomic E-state index is 10.9. The van der Waals surface area contributed by atoms with Crippen LogP contribution in [-0.2, 0) is 0 Å². The molecule has 7 heteroatoms. The van der Waals surface area contributed by atoms with E-state index in [2.05, 4.69) is 15.8 Å². The number of nitrogens with one attached hydrogen (secondary N) is 2. The third-order valence-electron chi connectivity index (χ3n) is 2.78. The lowest BCUT2D eigenvalue weighted by molar-refractivity contribution is -0.385. The molecule has 0 heterocycles. The van der Waals surface area contributed by atoms with Gasteiger partial charge in [-0.25, -0.2) is 0 Å². The number of anilines is 1. The third kappa shape index (κ3) is 4.35. The van der Waals surface area contributed by atoms with Crippen molar-refractivity contribution in [2.24, 2.45) is 5.10 Å². The van der Waals surface area contributed by atoms with E-state index in [-0.39, 0.29) is 5.69 Å². The predicted octanol–water partition coefficient (Wildman–Crippen LogP) is 3.22. The Morgan fingerprint density at radius 3 is 2.77 bits per heavy atom. The second-order valence-corrected chi connectivity index (χ2v) is 4.92. The first kappa shape index (κ1) is 15.6. The Labute approximate surface area is 133 Å². The minimum absolute atomic E-state index is 0.00869. The van der Waals surface area contributed by atoms with Gasteiger partial charge < -0.3 is 5.32 Å². The zero-order valence-electron chi connectivity index (χ0n) is 11.8. The maximum absolute atomic E-state index is 10.9. The van der Waals surface area contributed by atoms with Gasteiger partial charge in [0.15, 0.2) is 5.11 Å². The van der Waals surface area contributed by atoms with E-state index in [9.17, 15) is 10.1 Å². The molecule has 0 fully saturated rings. The fraction of sp³-hybridized carbons (Fsp3) is 0.0667. The molecular weight excluding hydrogens is 300 g/mol. The summed E-state index contributed by atoms with van der Waals surface area (Å²) < 4.78 is 0. The molecule has 22 heavy (non-hydrogen) atoms. The summed E-state index contributed by atoms with van der Waals surface area (Å²) in [6.07, 6.45) is 1.36. The third-order valence-corrected chi connectivity index (χ3v) is 2.97. The average molecular weight is 314 g/mol. The number of hydrogen-bond acceptors (Lipinski definition) is 4. The normalized spacial score (nSPS) is 10.4. The molecule has 0 amide bonds. The van der Waals surface area contributed by atoms with Crippen molar-refractivity contribution in [2.45, 2.75) is 6.92 Å². The lowest BCUT2D eigenvalue weighted by Gasteiger charge is -2.07. The van der Waals surface area contributed by atoms with Crippen LogP contribution in [0.15, 0.2) is 53.6 Å². The summed E-state index contributed by atoms with van der Waals surface area (Å²) in [4.78, 5) is 10.4. The van der Waals surface area contributed by atoms with Crippen LogP contribution in [0.1, 0.15) is 11.1 Å². The molecule has 0 aliphatic carbocycles. The lowest BCUT2D eigenvalue weighted by Crippen LogP contribution is -2.23. The van der Waals surface area contributed by atoms with E-state index in [0.717, 1.165) is 11.3 Å². The van der Waals surface area contributed by atoms with Gasteiger partial charge in [0.2, 0.25) is 0 Å². The second kappa shape index (κ2) is 7.28. The van der Waals surface area contributed by atoms with Gasteiger partial charge in [-0.2, -0.15) is 5.10 Å². The van der Waals surface area contributed by atoms with Crippen molar-refractivity contribution in [3.8, 4) is 0 Å². The molecule has 0 radical (unpaired) electrons. The fourth-order valence-corrected chi connectivity index (χ4v) is 1.98. The van der Waals surface area contributed by atoms with Crippen molar-refractivity contribution in [3.63, 3.8) is 0 Å². The average Bonchev–Trinajstić information content (AvgIpc) is 2.47. The Bertz CT molecular complexity index is 731. The first-order chi connectivity index (χ1) is 10.6. The Balaban J connectivity index is 1.98.